The lowest BCUT2D eigenvalue weighted by atomic mass is 9.94. The highest BCUT2D eigenvalue weighted by molar-refractivity contribution is 5.79. The van der Waals surface area contributed by atoms with Crippen molar-refractivity contribution < 1.29 is 4.79 Å². The third-order valence-electron chi connectivity index (χ3n) is 4.57. The maximum atomic E-state index is 12.7. The van der Waals surface area contributed by atoms with Crippen molar-refractivity contribution in [2.75, 3.05) is 13.1 Å². The molecule has 1 aliphatic rings. The number of hydrogen-bond donors (Lipinski definition) is 1. The third-order valence-corrected chi connectivity index (χ3v) is 4.57. The van der Waals surface area contributed by atoms with Crippen LogP contribution >= 0.6 is 0 Å². The van der Waals surface area contributed by atoms with Gasteiger partial charge in [-0.3, -0.25) is 19.9 Å². The van der Waals surface area contributed by atoms with Crippen molar-refractivity contribution in [1.29, 1.82) is 0 Å². The average molecular weight is 313 g/mol. The van der Waals surface area contributed by atoms with Crippen molar-refractivity contribution in [3.63, 3.8) is 0 Å². The predicted molar refractivity (Wildman–Crippen MR) is 87.1 cm³/mol. The van der Waals surface area contributed by atoms with Gasteiger partial charge in [-0.15, -0.1) is 0 Å². The zero-order valence-electron chi connectivity index (χ0n) is 14.0. The first-order chi connectivity index (χ1) is 11.0. The van der Waals surface area contributed by atoms with Gasteiger partial charge >= 0.3 is 0 Å². The summed E-state index contributed by atoms with van der Waals surface area (Å²) in [4.78, 5) is 23.4. The molecular weight excluding hydrogens is 290 g/mol. The number of H-pyrrole nitrogens is 1. The Bertz CT molecular complexity index is 689. The van der Waals surface area contributed by atoms with E-state index in [1.807, 2.05) is 31.9 Å². The largest absolute Gasteiger partial charge is 0.342 e. The normalized spacial score (nSPS) is 18.2. The Hall–Kier alpha value is -2.24. The van der Waals surface area contributed by atoms with E-state index < -0.39 is 0 Å². The highest BCUT2D eigenvalue weighted by Crippen LogP contribution is 2.26. The van der Waals surface area contributed by atoms with E-state index in [1.165, 1.54) is 0 Å². The number of aryl methyl sites for hydroxylation is 3. The zero-order chi connectivity index (χ0) is 16.4. The molecule has 3 rings (SSSR count). The van der Waals surface area contributed by atoms with Crippen LogP contribution in [0.1, 0.15) is 47.1 Å². The molecule has 0 radical (unpaired) electrons. The summed E-state index contributed by atoms with van der Waals surface area (Å²) >= 11 is 0. The summed E-state index contributed by atoms with van der Waals surface area (Å²) in [7, 11) is 0. The van der Waals surface area contributed by atoms with Crippen LogP contribution in [0.15, 0.2) is 12.4 Å². The molecule has 2 aromatic rings. The summed E-state index contributed by atoms with van der Waals surface area (Å²) in [6.45, 7) is 7.40. The van der Waals surface area contributed by atoms with E-state index in [1.54, 1.807) is 6.20 Å². The van der Waals surface area contributed by atoms with Gasteiger partial charge in [-0.25, -0.2) is 0 Å². The number of nitrogens with zero attached hydrogens (tertiary/aromatic N) is 4. The number of piperidine rings is 1. The van der Waals surface area contributed by atoms with Crippen molar-refractivity contribution in [1.82, 2.24) is 25.1 Å². The van der Waals surface area contributed by atoms with Gasteiger partial charge in [0.05, 0.1) is 23.5 Å². The molecule has 1 amide bonds. The molecule has 1 saturated heterocycles. The number of carbonyl (C=O) groups is 1. The minimum absolute atomic E-state index is 0.169. The van der Waals surface area contributed by atoms with Crippen LogP contribution in [0, 0.1) is 20.8 Å². The molecule has 1 aliphatic heterocycles. The molecule has 0 spiro atoms. The topological polar surface area (TPSA) is 74.8 Å². The molecule has 2 aromatic heterocycles. The molecule has 1 atom stereocenters. The first-order valence-electron chi connectivity index (χ1n) is 8.11. The number of hydrogen-bond acceptors (Lipinski definition) is 4. The van der Waals surface area contributed by atoms with Crippen LogP contribution in [-0.2, 0) is 11.2 Å². The molecule has 0 bridgehead atoms. The monoisotopic (exact) mass is 313 g/mol. The minimum atomic E-state index is 0.169. The van der Waals surface area contributed by atoms with E-state index in [0.29, 0.717) is 6.42 Å². The van der Waals surface area contributed by atoms with Gasteiger partial charge in [-0.05, 0) is 33.6 Å². The third kappa shape index (κ3) is 3.41. The Balaban J connectivity index is 1.70. The first-order valence-corrected chi connectivity index (χ1v) is 8.11. The fourth-order valence-corrected chi connectivity index (χ4v) is 3.22. The molecule has 1 N–H and O–H groups in total. The summed E-state index contributed by atoms with van der Waals surface area (Å²) in [5.74, 6) is 0.453. The van der Waals surface area contributed by atoms with Gasteiger partial charge in [0, 0.05) is 42.7 Å². The standard InChI is InChI=1S/C17H23N5O/c1-11-8-18-9-16(19-11)14-5-4-6-22(10-14)17(23)7-15-12(2)20-21-13(15)3/h8-9,14H,4-7,10H2,1-3H3,(H,20,21)/t14-/m1/s1. The van der Waals surface area contributed by atoms with Crippen molar-refractivity contribution in [3.8, 4) is 0 Å². The predicted octanol–water partition coefficient (Wildman–Crippen LogP) is 2.07. The maximum Gasteiger partial charge on any atom is 0.227 e. The average Bonchev–Trinajstić information content (AvgIpc) is 2.87. The van der Waals surface area contributed by atoms with Gasteiger partial charge < -0.3 is 4.90 Å². The maximum absolute atomic E-state index is 12.7. The Labute approximate surface area is 136 Å². The molecular formula is C17H23N5O. The number of carbonyl (C=O) groups excluding carboxylic acids is 1. The highest BCUT2D eigenvalue weighted by atomic mass is 16.2. The van der Waals surface area contributed by atoms with E-state index in [9.17, 15) is 4.79 Å². The molecule has 0 unspecified atom stereocenters. The van der Waals surface area contributed by atoms with Crippen LogP contribution in [0.25, 0.3) is 0 Å². The summed E-state index contributed by atoms with van der Waals surface area (Å²) in [5.41, 5.74) is 4.84. The second-order valence-corrected chi connectivity index (χ2v) is 6.35. The molecule has 0 aliphatic carbocycles. The summed E-state index contributed by atoms with van der Waals surface area (Å²) in [5, 5.41) is 7.12. The SMILES string of the molecule is Cc1cncc([C@@H]2CCCN(C(=O)Cc3c(C)n[nH]c3C)C2)n1. The lowest BCUT2D eigenvalue weighted by molar-refractivity contribution is -0.131. The number of nitrogens with one attached hydrogen (secondary N) is 1. The summed E-state index contributed by atoms with van der Waals surface area (Å²) in [6, 6.07) is 0. The van der Waals surface area contributed by atoms with Gasteiger partial charge in [0.2, 0.25) is 5.91 Å². The second-order valence-electron chi connectivity index (χ2n) is 6.35. The van der Waals surface area contributed by atoms with Crippen LogP contribution in [0.5, 0.6) is 0 Å². The zero-order valence-corrected chi connectivity index (χ0v) is 14.0. The molecule has 6 heteroatoms. The Kier molecular flexibility index (Phi) is 4.41. The minimum Gasteiger partial charge on any atom is -0.342 e. The Morgan fingerprint density at radius 1 is 1.35 bits per heavy atom. The van der Waals surface area contributed by atoms with Gasteiger partial charge in [-0.1, -0.05) is 0 Å². The van der Waals surface area contributed by atoms with Crippen LogP contribution < -0.4 is 0 Å². The Morgan fingerprint density at radius 2 is 2.17 bits per heavy atom. The van der Waals surface area contributed by atoms with E-state index in [4.69, 9.17) is 0 Å². The lowest BCUT2D eigenvalue weighted by Gasteiger charge is -2.32. The van der Waals surface area contributed by atoms with Gasteiger partial charge in [0.25, 0.3) is 0 Å². The first kappa shape index (κ1) is 15.6. The number of aromatic amines is 1. The van der Waals surface area contributed by atoms with Gasteiger partial charge in [0.1, 0.15) is 0 Å². The summed E-state index contributed by atoms with van der Waals surface area (Å²) < 4.78 is 0. The number of likely N-dealkylation sites (tertiary alicyclic amines) is 1. The smallest absolute Gasteiger partial charge is 0.227 e. The van der Waals surface area contributed by atoms with Crippen molar-refractivity contribution in [2.45, 2.75) is 46.0 Å². The number of aromatic nitrogens is 4. The molecule has 122 valence electrons. The summed E-state index contributed by atoms with van der Waals surface area (Å²) in [6.07, 6.45) is 6.08. The van der Waals surface area contributed by atoms with E-state index in [-0.39, 0.29) is 11.8 Å². The second kappa shape index (κ2) is 6.48. The van der Waals surface area contributed by atoms with E-state index >= 15 is 0 Å². The molecule has 0 aromatic carbocycles. The molecule has 3 heterocycles. The fourth-order valence-electron chi connectivity index (χ4n) is 3.22. The van der Waals surface area contributed by atoms with Gasteiger partial charge in [0.15, 0.2) is 0 Å². The number of rotatable bonds is 3. The van der Waals surface area contributed by atoms with E-state index in [2.05, 4.69) is 20.2 Å². The van der Waals surface area contributed by atoms with Crippen LogP contribution in [0.4, 0.5) is 0 Å². The van der Waals surface area contributed by atoms with Crippen LogP contribution in [-0.4, -0.2) is 44.1 Å². The van der Waals surface area contributed by atoms with Crippen molar-refractivity contribution >= 4 is 5.91 Å². The van der Waals surface area contributed by atoms with Gasteiger partial charge in [-0.2, -0.15) is 5.10 Å². The van der Waals surface area contributed by atoms with E-state index in [0.717, 1.165) is 54.3 Å². The van der Waals surface area contributed by atoms with Crippen molar-refractivity contribution in [3.05, 3.63) is 40.7 Å². The highest BCUT2D eigenvalue weighted by Gasteiger charge is 2.26. The molecule has 6 nitrogen and oxygen atoms in total. The Morgan fingerprint density at radius 3 is 2.87 bits per heavy atom. The van der Waals surface area contributed by atoms with Crippen LogP contribution in [0.2, 0.25) is 0 Å². The van der Waals surface area contributed by atoms with Crippen molar-refractivity contribution in [2.24, 2.45) is 0 Å². The quantitative estimate of drug-likeness (QED) is 0.941. The lowest BCUT2D eigenvalue weighted by Crippen LogP contribution is -2.40. The number of amides is 1. The fraction of sp³-hybridized carbons (Fsp3) is 0.529. The van der Waals surface area contributed by atoms with Crippen LogP contribution in [0.3, 0.4) is 0 Å². The molecule has 1 fully saturated rings. The molecule has 23 heavy (non-hydrogen) atoms. The molecule has 0 saturated carbocycles.